The zero-order valence-corrected chi connectivity index (χ0v) is 17.2. The third-order valence-electron chi connectivity index (χ3n) is 4.24. The lowest BCUT2D eigenvalue weighted by Gasteiger charge is -2.07. The number of hydrogen-bond acceptors (Lipinski definition) is 5. The molecule has 0 bridgehead atoms. The molecule has 7 nitrogen and oxygen atoms in total. The minimum Gasteiger partial charge on any atom is -0.489 e. The van der Waals surface area contributed by atoms with Crippen molar-refractivity contribution in [1.82, 2.24) is 10.9 Å². The van der Waals surface area contributed by atoms with Gasteiger partial charge in [0.2, 0.25) is 0 Å². The van der Waals surface area contributed by atoms with Crippen LogP contribution >= 0.6 is 0 Å². The van der Waals surface area contributed by atoms with Crippen molar-refractivity contribution in [1.29, 1.82) is 0 Å². The van der Waals surface area contributed by atoms with Crippen molar-refractivity contribution in [3.63, 3.8) is 0 Å². The summed E-state index contributed by atoms with van der Waals surface area (Å²) in [5.74, 6) is -1.10. The van der Waals surface area contributed by atoms with E-state index in [1.54, 1.807) is 60.7 Å². The molecule has 0 fully saturated rings. The van der Waals surface area contributed by atoms with Gasteiger partial charge in [0.1, 0.15) is 12.4 Å². The summed E-state index contributed by atoms with van der Waals surface area (Å²) in [6.45, 7) is -0.0548. The summed E-state index contributed by atoms with van der Waals surface area (Å²) in [6, 6.07) is 25.4. The van der Waals surface area contributed by atoms with E-state index in [1.807, 2.05) is 30.3 Å². The molecular formula is C25H22N2O5. The lowest BCUT2D eigenvalue weighted by atomic mass is 10.2. The highest BCUT2D eigenvalue weighted by Crippen LogP contribution is 2.15. The molecule has 0 aliphatic heterocycles. The van der Waals surface area contributed by atoms with Crippen molar-refractivity contribution < 1.29 is 23.9 Å². The Morgan fingerprint density at radius 3 is 2.12 bits per heavy atom. The summed E-state index contributed by atoms with van der Waals surface area (Å²) < 4.78 is 10.6. The van der Waals surface area contributed by atoms with Crippen LogP contribution in [0.2, 0.25) is 0 Å². The van der Waals surface area contributed by atoms with Crippen molar-refractivity contribution in [3.8, 4) is 5.75 Å². The molecule has 2 N–H and O–H groups in total. The van der Waals surface area contributed by atoms with Crippen LogP contribution in [0.5, 0.6) is 5.75 Å². The number of hydrogen-bond donors (Lipinski definition) is 2. The van der Waals surface area contributed by atoms with E-state index in [2.05, 4.69) is 10.9 Å². The Kier molecular flexibility index (Phi) is 8.16. The Morgan fingerprint density at radius 1 is 0.781 bits per heavy atom. The van der Waals surface area contributed by atoms with E-state index in [0.29, 0.717) is 17.9 Å². The predicted octanol–water partition coefficient (Wildman–Crippen LogP) is 3.28. The maximum atomic E-state index is 11.8. The number of ether oxygens (including phenoxy) is 2. The van der Waals surface area contributed by atoms with E-state index in [4.69, 9.17) is 9.47 Å². The first-order chi connectivity index (χ1) is 15.6. The van der Waals surface area contributed by atoms with Gasteiger partial charge in [-0.2, -0.15) is 0 Å². The quantitative estimate of drug-likeness (QED) is 0.325. The minimum atomic E-state index is -0.682. The van der Waals surface area contributed by atoms with Crippen LogP contribution in [0.15, 0.2) is 91.0 Å². The minimum absolute atomic E-state index is 0.393. The third-order valence-corrected chi connectivity index (χ3v) is 4.24. The van der Waals surface area contributed by atoms with Gasteiger partial charge in [0.25, 0.3) is 11.8 Å². The largest absolute Gasteiger partial charge is 0.489 e. The molecule has 0 spiro atoms. The van der Waals surface area contributed by atoms with Crippen molar-refractivity contribution in [2.24, 2.45) is 0 Å². The van der Waals surface area contributed by atoms with Gasteiger partial charge >= 0.3 is 5.97 Å². The SMILES string of the molecule is O=C(COC(=O)/C=C/c1ccc(OCc2ccccc2)cc1)NNC(=O)c1ccccc1. The molecule has 32 heavy (non-hydrogen) atoms. The molecular weight excluding hydrogens is 408 g/mol. The fourth-order valence-corrected chi connectivity index (χ4v) is 2.59. The molecule has 0 atom stereocenters. The first-order valence-corrected chi connectivity index (χ1v) is 9.86. The highest BCUT2D eigenvalue weighted by Gasteiger charge is 2.08. The number of carbonyl (C=O) groups is 3. The molecule has 0 unspecified atom stereocenters. The van der Waals surface area contributed by atoms with E-state index in [1.165, 1.54) is 6.08 Å². The second-order valence-corrected chi connectivity index (χ2v) is 6.65. The zero-order chi connectivity index (χ0) is 22.6. The molecule has 162 valence electrons. The van der Waals surface area contributed by atoms with Crippen LogP contribution in [0.25, 0.3) is 6.08 Å². The molecule has 7 heteroatoms. The molecule has 0 aliphatic rings. The fraction of sp³-hybridized carbons (Fsp3) is 0.0800. The second kappa shape index (κ2) is 11.7. The summed E-state index contributed by atoms with van der Waals surface area (Å²) in [7, 11) is 0. The standard InChI is InChI=1S/C25H22N2O5/c28-23(26-27-25(30)21-9-5-2-6-10-21)18-32-24(29)16-13-19-11-14-22(15-12-19)31-17-20-7-3-1-4-8-20/h1-16H,17-18H2,(H,26,28)(H,27,30)/b16-13+. The molecule has 0 aliphatic carbocycles. The number of amides is 2. The van der Waals surface area contributed by atoms with Gasteiger partial charge in [0.15, 0.2) is 6.61 Å². The maximum Gasteiger partial charge on any atom is 0.331 e. The second-order valence-electron chi connectivity index (χ2n) is 6.65. The van der Waals surface area contributed by atoms with E-state index in [9.17, 15) is 14.4 Å². The van der Waals surface area contributed by atoms with Crippen LogP contribution in [0.3, 0.4) is 0 Å². The van der Waals surface area contributed by atoms with Crippen molar-refractivity contribution >= 4 is 23.9 Å². The first kappa shape index (κ1) is 22.3. The fourth-order valence-electron chi connectivity index (χ4n) is 2.59. The summed E-state index contributed by atoms with van der Waals surface area (Å²) in [5.41, 5.74) is 6.67. The number of nitrogens with one attached hydrogen (secondary N) is 2. The van der Waals surface area contributed by atoms with Crippen LogP contribution in [0.1, 0.15) is 21.5 Å². The van der Waals surface area contributed by atoms with Crippen LogP contribution in [0.4, 0.5) is 0 Å². The van der Waals surface area contributed by atoms with Crippen LogP contribution in [-0.4, -0.2) is 24.4 Å². The zero-order valence-electron chi connectivity index (χ0n) is 17.2. The van der Waals surface area contributed by atoms with Gasteiger partial charge in [-0.1, -0.05) is 60.7 Å². The summed E-state index contributed by atoms with van der Waals surface area (Å²) in [6.07, 6.45) is 2.79. The van der Waals surface area contributed by atoms with E-state index in [-0.39, 0.29) is 0 Å². The van der Waals surface area contributed by atoms with Crippen LogP contribution < -0.4 is 15.6 Å². The van der Waals surface area contributed by atoms with E-state index < -0.39 is 24.4 Å². The third kappa shape index (κ3) is 7.46. The van der Waals surface area contributed by atoms with Crippen LogP contribution in [-0.2, 0) is 20.9 Å². The highest BCUT2D eigenvalue weighted by molar-refractivity contribution is 5.95. The van der Waals surface area contributed by atoms with Gasteiger partial charge in [-0.25, -0.2) is 4.79 Å². The Labute approximate surface area is 185 Å². The normalized spacial score (nSPS) is 10.4. The Hall–Kier alpha value is -4.39. The van der Waals surface area contributed by atoms with Crippen molar-refractivity contribution in [2.45, 2.75) is 6.61 Å². The van der Waals surface area contributed by atoms with Crippen molar-refractivity contribution in [3.05, 3.63) is 108 Å². The number of rotatable bonds is 8. The van der Waals surface area contributed by atoms with Gasteiger partial charge in [0, 0.05) is 11.6 Å². The smallest absolute Gasteiger partial charge is 0.331 e. The van der Waals surface area contributed by atoms with Gasteiger partial charge in [-0.15, -0.1) is 0 Å². The molecule has 0 saturated heterocycles. The van der Waals surface area contributed by atoms with Gasteiger partial charge in [-0.3, -0.25) is 20.4 Å². The molecule has 0 aromatic heterocycles. The Morgan fingerprint density at radius 2 is 1.44 bits per heavy atom. The molecule has 2 amide bonds. The topological polar surface area (TPSA) is 93.7 Å². The number of benzene rings is 3. The van der Waals surface area contributed by atoms with Crippen LogP contribution in [0, 0.1) is 0 Å². The Bertz CT molecular complexity index is 1060. The lowest BCUT2D eigenvalue weighted by Crippen LogP contribution is -2.43. The van der Waals surface area contributed by atoms with E-state index in [0.717, 1.165) is 11.1 Å². The summed E-state index contributed by atoms with van der Waals surface area (Å²) in [5, 5.41) is 0. The monoisotopic (exact) mass is 430 g/mol. The van der Waals surface area contributed by atoms with Crippen molar-refractivity contribution in [2.75, 3.05) is 6.61 Å². The molecule has 0 radical (unpaired) electrons. The highest BCUT2D eigenvalue weighted by atomic mass is 16.5. The molecule has 3 aromatic carbocycles. The predicted molar refractivity (Wildman–Crippen MR) is 119 cm³/mol. The molecule has 0 heterocycles. The van der Waals surface area contributed by atoms with Gasteiger partial charge < -0.3 is 9.47 Å². The van der Waals surface area contributed by atoms with Gasteiger partial charge in [-0.05, 0) is 41.5 Å². The maximum absolute atomic E-state index is 11.8. The number of hydrazine groups is 1. The number of esters is 1. The molecule has 3 aromatic rings. The van der Waals surface area contributed by atoms with E-state index >= 15 is 0 Å². The molecule has 3 rings (SSSR count). The summed E-state index contributed by atoms with van der Waals surface area (Å²) >= 11 is 0. The Balaban J connectivity index is 1.37. The molecule has 0 saturated carbocycles. The van der Waals surface area contributed by atoms with Gasteiger partial charge in [0.05, 0.1) is 0 Å². The lowest BCUT2D eigenvalue weighted by molar-refractivity contribution is -0.144. The average Bonchev–Trinajstić information content (AvgIpc) is 2.85. The summed E-state index contributed by atoms with van der Waals surface area (Å²) in [4.78, 5) is 35.4. The number of carbonyl (C=O) groups excluding carboxylic acids is 3. The average molecular weight is 430 g/mol. The first-order valence-electron chi connectivity index (χ1n) is 9.86.